The Balaban J connectivity index is 1.90. The van der Waals surface area contributed by atoms with Gasteiger partial charge in [0.1, 0.15) is 5.75 Å². The van der Waals surface area contributed by atoms with Crippen LogP contribution in [0.1, 0.15) is 32.6 Å². The molecule has 0 N–H and O–H groups in total. The molecule has 4 aromatic rings. The number of hydrogen-bond acceptors (Lipinski definition) is 3. The fraction of sp³-hybridized carbons (Fsp3) is 0.154. The number of nitrogens with zero attached hydrogens (tertiary/aromatic N) is 1. The second-order valence-corrected chi connectivity index (χ2v) is 7.56. The number of benzene rings is 3. The van der Waals surface area contributed by atoms with Crippen molar-refractivity contribution in [1.82, 2.24) is 4.57 Å². The van der Waals surface area contributed by atoms with Gasteiger partial charge in [0.25, 0.3) is 0 Å². The third-order valence-electron chi connectivity index (χ3n) is 5.32. The van der Waals surface area contributed by atoms with Crippen LogP contribution in [0.15, 0.2) is 77.7 Å². The first-order valence-electron chi connectivity index (χ1n) is 9.84. The van der Waals surface area contributed by atoms with Crippen molar-refractivity contribution in [3.63, 3.8) is 0 Å². The molecule has 0 saturated carbocycles. The van der Waals surface area contributed by atoms with E-state index >= 15 is 0 Å². The molecule has 3 aromatic carbocycles. The van der Waals surface area contributed by atoms with E-state index in [1.807, 2.05) is 42.7 Å². The van der Waals surface area contributed by atoms with Crippen LogP contribution in [-0.2, 0) is 6.54 Å². The molecule has 0 unspecified atom stereocenters. The molecular formula is C26H23NO3. The minimum absolute atomic E-state index is 0.159. The Hall–Kier alpha value is -3.66. The topological polar surface area (TPSA) is 48.3 Å². The van der Waals surface area contributed by atoms with Gasteiger partial charge in [0.15, 0.2) is 5.78 Å². The van der Waals surface area contributed by atoms with Crippen molar-refractivity contribution in [2.75, 3.05) is 7.11 Å². The van der Waals surface area contributed by atoms with E-state index in [-0.39, 0.29) is 16.8 Å². The lowest BCUT2D eigenvalue weighted by Crippen LogP contribution is -2.20. The predicted octanol–water partition coefficient (Wildman–Crippen LogP) is 4.91. The van der Waals surface area contributed by atoms with E-state index in [9.17, 15) is 9.59 Å². The quantitative estimate of drug-likeness (QED) is 0.450. The molecule has 0 atom stereocenters. The molecule has 0 bridgehead atoms. The number of carbonyl (C=O) groups is 1. The van der Waals surface area contributed by atoms with Crippen LogP contribution >= 0.6 is 0 Å². The summed E-state index contributed by atoms with van der Waals surface area (Å²) >= 11 is 0. The lowest BCUT2D eigenvalue weighted by atomic mass is 10.0. The second-order valence-electron chi connectivity index (χ2n) is 7.56. The molecule has 150 valence electrons. The maximum Gasteiger partial charge on any atom is 0.200 e. The minimum atomic E-state index is -0.283. The molecule has 4 heteroatoms. The van der Waals surface area contributed by atoms with Gasteiger partial charge in [-0.3, -0.25) is 9.59 Å². The summed E-state index contributed by atoms with van der Waals surface area (Å²) in [7, 11) is 1.56. The molecular weight excluding hydrogens is 374 g/mol. The van der Waals surface area contributed by atoms with E-state index in [1.165, 1.54) is 5.56 Å². The molecule has 0 fully saturated rings. The molecule has 0 aliphatic heterocycles. The first-order valence-corrected chi connectivity index (χ1v) is 9.84. The van der Waals surface area contributed by atoms with E-state index in [0.29, 0.717) is 23.2 Å². The van der Waals surface area contributed by atoms with E-state index in [0.717, 1.165) is 16.6 Å². The molecule has 4 nitrogen and oxygen atoms in total. The summed E-state index contributed by atoms with van der Waals surface area (Å²) in [6.45, 7) is 4.56. The summed E-state index contributed by atoms with van der Waals surface area (Å²) in [4.78, 5) is 26.4. The molecule has 1 heterocycles. The highest BCUT2D eigenvalue weighted by Crippen LogP contribution is 2.21. The smallest absolute Gasteiger partial charge is 0.200 e. The number of carbonyl (C=O) groups excluding carboxylic acids is 1. The van der Waals surface area contributed by atoms with Crippen molar-refractivity contribution in [3.8, 4) is 5.75 Å². The first-order chi connectivity index (χ1) is 14.5. The van der Waals surface area contributed by atoms with E-state index in [4.69, 9.17) is 4.74 Å². The third kappa shape index (κ3) is 3.77. The Morgan fingerprint density at radius 2 is 1.53 bits per heavy atom. The monoisotopic (exact) mass is 397 g/mol. The van der Waals surface area contributed by atoms with Crippen LogP contribution in [0.2, 0.25) is 0 Å². The maximum absolute atomic E-state index is 13.2. The summed E-state index contributed by atoms with van der Waals surface area (Å²) in [6, 6.07) is 20.9. The third-order valence-corrected chi connectivity index (χ3v) is 5.32. The van der Waals surface area contributed by atoms with E-state index in [1.54, 1.807) is 31.5 Å². The Kier molecular flexibility index (Phi) is 5.23. The van der Waals surface area contributed by atoms with Gasteiger partial charge in [-0.1, -0.05) is 59.7 Å². The maximum atomic E-state index is 13.2. The first kappa shape index (κ1) is 19.6. The zero-order valence-electron chi connectivity index (χ0n) is 17.3. The van der Waals surface area contributed by atoms with Gasteiger partial charge >= 0.3 is 0 Å². The lowest BCUT2D eigenvalue weighted by molar-refractivity contribution is 0.103. The molecule has 0 radical (unpaired) electrons. The van der Waals surface area contributed by atoms with Crippen LogP contribution in [0.25, 0.3) is 10.9 Å². The Morgan fingerprint density at radius 1 is 0.900 bits per heavy atom. The van der Waals surface area contributed by atoms with Gasteiger partial charge in [-0.25, -0.2) is 0 Å². The number of pyridine rings is 1. The summed E-state index contributed by atoms with van der Waals surface area (Å²) in [5.74, 6) is 0.309. The van der Waals surface area contributed by atoms with E-state index < -0.39 is 0 Å². The molecule has 0 spiro atoms. The van der Waals surface area contributed by atoms with Gasteiger partial charge in [-0.2, -0.15) is 0 Å². The van der Waals surface area contributed by atoms with Gasteiger partial charge in [-0.05, 0) is 37.6 Å². The number of aryl methyl sites for hydroxylation is 2. The molecule has 0 amide bonds. The highest BCUT2D eigenvalue weighted by Gasteiger charge is 2.18. The van der Waals surface area contributed by atoms with Crippen LogP contribution < -0.4 is 10.2 Å². The normalized spacial score (nSPS) is 10.9. The van der Waals surface area contributed by atoms with Crippen molar-refractivity contribution in [2.45, 2.75) is 20.4 Å². The van der Waals surface area contributed by atoms with Crippen LogP contribution in [0.3, 0.4) is 0 Å². The Morgan fingerprint density at radius 3 is 2.17 bits per heavy atom. The van der Waals surface area contributed by atoms with Crippen LogP contribution in [0.4, 0.5) is 0 Å². The predicted molar refractivity (Wildman–Crippen MR) is 120 cm³/mol. The summed E-state index contributed by atoms with van der Waals surface area (Å²) in [5.41, 5.74) is 4.48. The number of hydrogen-bond donors (Lipinski definition) is 0. The summed E-state index contributed by atoms with van der Waals surface area (Å²) < 4.78 is 7.27. The minimum Gasteiger partial charge on any atom is -0.497 e. The molecule has 0 aliphatic rings. The van der Waals surface area contributed by atoms with Crippen LogP contribution in [0, 0.1) is 13.8 Å². The molecule has 30 heavy (non-hydrogen) atoms. The zero-order valence-corrected chi connectivity index (χ0v) is 17.3. The van der Waals surface area contributed by atoms with Crippen molar-refractivity contribution in [2.24, 2.45) is 0 Å². The number of fused-ring (bicyclic) bond motifs is 1. The fourth-order valence-corrected chi connectivity index (χ4v) is 3.55. The Labute approximate surface area is 175 Å². The molecule has 0 saturated heterocycles. The number of rotatable bonds is 5. The van der Waals surface area contributed by atoms with Gasteiger partial charge in [0.2, 0.25) is 5.43 Å². The average Bonchev–Trinajstić information content (AvgIpc) is 2.77. The number of methoxy groups -OCH3 is 1. The second kappa shape index (κ2) is 7.99. The van der Waals surface area contributed by atoms with Crippen LogP contribution in [0.5, 0.6) is 5.75 Å². The summed E-state index contributed by atoms with van der Waals surface area (Å²) in [6.07, 6.45) is 1.68. The van der Waals surface area contributed by atoms with E-state index in [2.05, 4.69) is 24.3 Å². The van der Waals surface area contributed by atoms with Gasteiger partial charge in [0, 0.05) is 18.3 Å². The SMILES string of the molecule is COc1ccc2c(c1)c(=O)c(C(=O)c1ccc(C)cc1)cn2Cc1ccc(C)cc1. The van der Waals surface area contributed by atoms with Crippen molar-refractivity contribution < 1.29 is 9.53 Å². The van der Waals surface area contributed by atoms with Gasteiger partial charge in [-0.15, -0.1) is 0 Å². The van der Waals surface area contributed by atoms with Gasteiger partial charge < -0.3 is 9.30 Å². The fourth-order valence-electron chi connectivity index (χ4n) is 3.55. The van der Waals surface area contributed by atoms with Crippen molar-refractivity contribution >= 4 is 16.7 Å². The Bertz CT molecular complexity index is 1280. The number of ketones is 1. The van der Waals surface area contributed by atoms with Crippen LogP contribution in [-0.4, -0.2) is 17.5 Å². The average molecular weight is 397 g/mol. The number of ether oxygens (including phenoxy) is 1. The number of aromatic nitrogens is 1. The zero-order chi connectivity index (χ0) is 21.3. The van der Waals surface area contributed by atoms with Crippen molar-refractivity contribution in [1.29, 1.82) is 0 Å². The van der Waals surface area contributed by atoms with Gasteiger partial charge in [0.05, 0.1) is 23.6 Å². The van der Waals surface area contributed by atoms with Crippen molar-refractivity contribution in [3.05, 3.63) is 111 Å². The molecule has 4 rings (SSSR count). The highest BCUT2D eigenvalue weighted by atomic mass is 16.5. The standard InChI is InChI=1S/C26H23NO3/c1-17-4-8-19(9-5-17)15-27-16-23(25(28)20-10-6-18(2)7-11-20)26(29)22-14-21(30-3)12-13-24(22)27/h4-14,16H,15H2,1-3H3. The largest absolute Gasteiger partial charge is 0.497 e. The highest BCUT2D eigenvalue weighted by molar-refractivity contribution is 6.10. The lowest BCUT2D eigenvalue weighted by Gasteiger charge is -2.14. The molecule has 0 aliphatic carbocycles. The molecule has 1 aromatic heterocycles. The summed E-state index contributed by atoms with van der Waals surface area (Å²) in [5, 5.41) is 0.472.